The lowest BCUT2D eigenvalue weighted by Gasteiger charge is -1.98. The zero-order valence-corrected chi connectivity index (χ0v) is 7.04. The Balaban J connectivity index is 3.01. The van der Waals surface area contributed by atoms with Gasteiger partial charge in [-0.2, -0.15) is 10.5 Å². The van der Waals surface area contributed by atoms with Crippen LogP contribution in [0.5, 0.6) is 0 Å². The van der Waals surface area contributed by atoms with Crippen LogP contribution in [0.25, 0.3) is 0 Å². The van der Waals surface area contributed by atoms with Gasteiger partial charge in [-0.1, -0.05) is 0 Å². The lowest BCUT2D eigenvalue weighted by atomic mass is 10.0. The van der Waals surface area contributed by atoms with Crippen LogP contribution in [0, 0.1) is 32.8 Å². The van der Waals surface area contributed by atoms with E-state index in [0.717, 1.165) is 0 Å². The summed E-state index contributed by atoms with van der Waals surface area (Å²) in [5.41, 5.74) is 0.420. The molecule has 0 aliphatic carbocycles. The van der Waals surface area contributed by atoms with Crippen LogP contribution in [0.4, 0.5) is 5.69 Å². The second-order valence-electron chi connectivity index (χ2n) is 2.54. The van der Waals surface area contributed by atoms with E-state index in [1.165, 1.54) is 24.3 Å². The van der Waals surface area contributed by atoms with Crippen molar-refractivity contribution in [3.63, 3.8) is 0 Å². The van der Waals surface area contributed by atoms with Gasteiger partial charge in [0, 0.05) is 12.1 Å². The van der Waals surface area contributed by atoms with Crippen molar-refractivity contribution in [2.45, 2.75) is 5.92 Å². The SMILES string of the molecule is N#CC(C#N)c1ccc([N+](=O)[O-])cc1. The molecule has 1 rings (SSSR count). The number of hydrogen-bond acceptors (Lipinski definition) is 4. The summed E-state index contributed by atoms with van der Waals surface area (Å²) in [5, 5.41) is 27.4. The molecular formula is C9H5N3O2. The molecule has 68 valence electrons. The molecule has 0 bridgehead atoms. The Bertz CT molecular complexity index is 411. The van der Waals surface area contributed by atoms with Gasteiger partial charge in [-0.15, -0.1) is 0 Å². The fourth-order valence-electron chi connectivity index (χ4n) is 0.966. The summed E-state index contributed by atoms with van der Waals surface area (Å²) in [6.07, 6.45) is 0. The van der Waals surface area contributed by atoms with Crippen LogP contribution in [-0.2, 0) is 0 Å². The largest absolute Gasteiger partial charge is 0.269 e. The van der Waals surface area contributed by atoms with Crippen molar-refractivity contribution in [2.75, 3.05) is 0 Å². The first kappa shape index (κ1) is 9.69. The molecule has 0 saturated heterocycles. The predicted molar refractivity (Wildman–Crippen MR) is 47.1 cm³/mol. The quantitative estimate of drug-likeness (QED) is 0.520. The van der Waals surface area contributed by atoms with Crippen LogP contribution < -0.4 is 0 Å². The van der Waals surface area contributed by atoms with Gasteiger partial charge in [0.15, 0.2) is 5.92 Å². The molecule has 0 aliphatic rings. The van der Waals surface area contributed by atoms with Crippen molar-refractivity contribution in [1.29, 1.82) is 10.5 Å². The molecule has 0 radical (unpaired) electrons. The van der Waals surface area contributed by atoms with Crippen LogP contribution in [0.1, 0.15) is 11.5 Å². The second kappa shape index (κ2) is 4.01. The maximum atomic E-state index is 10.3. The first-order valence-electron chi connectivity index (χ1n) is 3.72. The van der Waals surface area contributed by atoms with Gasteiger partial charge < -0.3 is 0 Å². The zero-order chi connectivity index (χ0) is 10.6. The monoisotopic (exact) mass is 187 g/mol. The van der Waals surface area contributed by atoms with Gasteiger partial charge in [0.1, 0.15) is 0 Å². The van der Waals surface area contributed by atoms with Crippen molar-refractivity contribution in [1.82, 2.24) is 0 Å². The fourth-order valence-corrected chi connectivity index (χ4v) is 0.966. The standard InChI is InChI=1S/C9H5N3O2/c10-5-8(6-11)7-1-3-9(4-2-7)12(13)14/h1-4,8H. The molecule has 0 atom stereocenters. The summed E-state index contributed by atoms with van der Waals surface area (Å²) >= 11 is 0. The average molecular weight is 187 g/mol. The molecule has 0 spiro atoms. The first-order valence-corrected chi connectivity index (χ1v) is 3.72. The molecule has 1 aromatic rings. The summed E-state index contributed by atoms with van der Waals surface area (Å²) in [6.45, 7) is 0. The van der Waals surface area contributed by atoms with Crippen LogP contribution >= 0.6 is 0 Å². The summed E-state index contributed by atoms with van der Waals surface area (Å²) < 4.78 is 0. The molecule has 0 aromatic heterocycles. The van der Waals surface area contributed by atoms with E-state index >= 15 is 0 Å². The van der Waals surface area contributed by atoms with Crippen molar-refractivity contribution in [3.8, 4) is 12.1 Å². The molecule has 0 saturated carbocycles. The lowest BCUT2D eigenvalue weighted by molar-refractivity contribution is -0.384. The minimum absolute atomic E-state index is 0.0524. The number of rotatable bonds is 2. The number of nitrogens with zero attached hydrogens (tertiary/aromatic N) is 3. The molecule has 0 N–H and O–H groups in total. The number of nitro groups is 1. The van der Waals surface area contributed by atoms with Gasteiger partial charge in [-0.25, -0.2) is 0 Å². The van der Waals surface area contributed by atoms with E-state index < -0.39 is 10.8 Å². The Hall–Kier alpha value is -2.40. The van der Waals surface area contributed by atoms with Crippen molar-refractivity contribution < 1.29 is 4.92 Å². The zero-order valence-electron chi connectivity index (χ0n) is 7.04. The average Bonchev–Trinajstić information content (AvgIpc) is 2.20. The summed E-state index contributed by atoms with van der Waals surface area (Å²) in [7, 11) is 0. The van der Waals surface area contributed by atoms with Crippen LogP contribution in [0.2, 0.25) is 0 Å². The predicted octanol–water partition coefficient (Wildman–Crippen LogP) is 1.73. The van der Waals surface area contributed by atoms with E-state index in [0.29, 0.717) is 5.56 Å². The van der Waals surface area contributed by atoms with Crippen LogP contribution in [0.3, 0.4) is 0 Å². The smallest absolute Gasteiger partial charge is 0.258 e. The molecule has 1 aromatic carbocycles. The fraction of sp³-hybridized carbons (Fsp3) is 0.111. The van der Waals surface area contributed by atoms with Gasteiger partial charge in [-0.3, -0.25) is 10.1 Å². The van der Waals surface area contributed by atoms with Gasteiger partial charge in [0.05, 0.1) is 17.1 Å². The Morgan fingerprint density at radius 2 is 1.71 bits per heavy atom. The Morgan fingerprint density at radius 3 is 2.07 bits per heavy atom. The molecule has 0 aliphatic heterocycles. The third-order valence-corrected chi connectivity index (χ3v) is 1.70. The van der Waals surface area contributed by atoms with E-state index in [4.69, 9.17) is 10.5 Å². The van der Waals surface area contributed by atoms with Gasteiger partial charge in [0.25, 0.3) is 5.69 Å². The molecule has 0 amide bonds. The van der Waals surface area contributed by atoms with Crippen molar-refractivity contribution >= 4 is 5.69 Å². The number of benzene rings is 1. The normalized spacial score (nSPS) is 9.07. The molecular weight excluding hydrogens is 182 g/mol. The van der Waals surface area contributed by atoms with E-state index in [1.54, 1.807) is 12.1 Å². The van der Waals surface area contributed by atoms with E-state index in [9.17, 15) is 10.1 Å². The van der Waals surface area contributed by atoms with Gasteiger partial charge >= 0.3 is 0 Å². The summed E-state index contributed by atoms with van der Waals surface area (Å²) in [4.78, 5) is 9.77. The maximum absolute atomic E-state index is 10.3. The van der Waals surface area contributed by atoms with Crippen molar-refractivity contribution in [2.24, 2.45) is 0 Å². The van der Waals surface area contributed by atoms with E-state index in [2.05, 4.69) is 0 Å². The molecule has 0 heterocycles. The molecule has 5 heteroatoms. The van der Waals surface area contributed by atoms with E-state index in [1.807, 2.05) is 0 Å². The third kappa shape index (κ3) is 1.85. The maximum Gasteiger partial charge on any atom is 0.269 e. The van der Waals surface area contributed by atoms with Crippen molar-refractivity contribution in [3.05, 3.63) is 39.9 Å². The number of nitriles is 2. The second-order valence-corrected chi connectivity index (χ2v) is 2.54. The summed E-state index contributed by atoms with van der Waals surface area (Å²) in [6, 6.07) is 8.94. The van der Waals surface area contributed by atoms with Crippen LogP contribution in [-0.4, -0.2) is 4.92 Å². The highest BCUT2D eigenvalue weighted by atomic mass is 16.6. The highest BCUT2D eigenvalue weighted by molar-refractivity contribution is 5.38. The minimum atomic E-state index is -0.865. The highest BCUT2D eigenvalue weighted by Gasteiger charge is 2.10. The number of nitro benzene ring substituents is 1. The number of hydrogen-bond donors (Lipinski definition) is 0. The Morgan fingerprint density at radius 1 is 1.21 bits per heavy atom. The summed E-state index contributed by atoms with van der Waals surface area (Å²) in [5.74, 6) is -0.865. The molecule has 5 nitrogen and oxygen atoms in total. The highest BCUT2D eigenvalue weighted by Crippen LogP contribution is 2.18. The molecule has 0 fully saturated rings. The molecule has 14 heavy (non-hydrogen) atoms. The van der Waals surface area contributed by atoms with E-state index in [-0.39, 0.29) is 5.69 Å². The Kier molecular flexibility index (Phi) is 2.78. The molecule has 0 unspecified atom stereocenters. The van der Waals surface area contributed by atoms with Gasteiger partial charge in [-0.05, 0) is 17.7 Å². The number of non-ortho nitro benzene ring substituents is 1. The Labute approximate surface area is 80.0 Å². The lowest BCUT2D eigenvalue weighted by Crippen LogP contribution is -1.93. The topological polar surface area (TPSA) is 90.7 Å². The third-order valence-electron chi connectivity index (χ3n) is 1.70. The first-order chi connectivity index (χ1) is 6.69. The minimum Gasteiger partial charge on any atom is -0.258 e. The van der Waals surface area contributed by atoms with Gasteiger partial charge in [0.2, 0.25) is 0 Å². The van der Waals surface area contributed by atoms with Crippen LogP contribution in [0.15, 0.2) is 24.3 Å².